The number of rotatable bonds is 5. The smallest absolute Gasteiger partial charge is 0.325 e. The Morgan fingerprint density at radius 1 is 1.00 bits per heavy atom. The molecule has 0 spiro atoms. The molecule has 0 aliphatic carbocycles. The summed E-state index contributed by atoms with van der Waals surface area (Å²) < 4.78 is 54.1. The molecule has 1 saturated heterocycles. The molecule has 0 saturated carbocycles. The molecule has 0 radical (unpaired) electrons. The molecule has 2 unspecified atom stereocenters. The van der Waals surface area contributed by atoms with Crippen LogP contribution in [0.5, 0.6) is 0 Å². The number of imide groups is 1. The minimum atomic E-state index is -4.61. The quantitative estimate of drug-likeness (QED) is 0.254. The van der Waals surface area contributed by atoms with Crippen LogP contribution in [0.2, 0.25) is 0 Å². The third kappa shape index (κ3) is 4.90. The maximum absolute atomic E-state index is 13.8. The first-order valence-electron chi connectivity index (χ1n) is 12.4. The Bertz CT molecular complexity index is 1770. The lowest BCUT2D eigenvalue weighted by atomic mass is 9.84. The van der Waals surface area contributed by atoms with Crippen LogP contribution < -0.4 is 15.1 Å². The van der Waals surface area contributed by atoms with Gasteiger partial charge in [0.15, 0.2) is 0 Å². The minimum Gasteiger partial charge on any atom is -0.325 e. The van der Waals surface area contributed by atoms with E-state index in [-0.39, 0.29) is 11.4 Å². The van der Waals surface area contributed by atoms with E-state index in [0.29, 0.717) is 15.5 Å². The first kappa shape index (κ1) is 27.8. The van der Waals surface area contributed by atoms with Gasteiger partial charge in [0.05, 0.1) is 22.2 Å². The molecule has 2 aliphatic heterocycles. The van der Waals surface area contributed by atoms with E-state index in [4.69, 9.17) is 0 Å². The fraction of sp³-hybridized carbons (Fsp3) is 0.179. The second-order valence-corrected chi connectivity index (χ2v) is 11.7. The summed E-state index contributed by atoms with van der Waals surface area (Å²) in [7, 11) is 0. The van der Waals surface area contributed by atoms with Crippen molar-refractivity contribution in [1.82, 2.24) is 9.55 Å². The van der Waals surface area contributed by atoms with Crippen LogP contribution in [0.4, 0.5) is 28.9 Å². The van der Waals surface area contributed by atoms with Crippen LogP contribution in [0.3, 0.4) is 0 Å². The second-order valence-electron chi connectivity index (χ2n) is 9.57. The number of pyridine rings is 1. The number of anilines is 2. The molecule has 2 aromatic carbocycles. The summed E-state index contributed by atoms with van der Waals surface area (Å²) in [4.78, 5) is 58.5. The predicted octanol–water partition coefficient (Wildman–Crippen LogP) is 4.90. The van der Waals surface area contributed by atoms with Gasteiger partial charge in [-0.25, -0.2) is 9.29 Å². The third-order valence-corrected chi connectivity index (χ3v) is 9.56. The van der Waals surface area contributed by atoms with Gasteiger partial charge >= 0.3 is 11.0 Å². The summed E-state index contributed by atoms with van der Waals surface area (Å²) in [6.07, 6.45) is -1.53. The second kappa shape index (κ2) is 10.5. The Kier molecular flexibility index (Phi) is 6.97. The van der Waals surface area contributed by atoms with Gasteiger partial charge < -0.3 is 5.32 Å². The summed E-state index contributed by atoms with van der Waals surface area (Å²) in [5, 5.41) is 1.73. The van der Waals surface area contributed by atoms with E-state index in [1.165, 1.54) is 30.6 Å². The molecule has 214 valence electrons. The molecule has 3 atom stereocenters. The number of thiazole rings is 1. The zero-order valence-electron chi connectivity index (χ0n) is 21.2. The highest BCUT2D eigenvalue weighted by Gasteiger charge is 2.57. The summed E-state index contributed by atoms with van der Waals surface area (Å²) >= 11 is 1.80. The zero-order chi connectivity index (χ0) is 29.8. The number of hydrogen-bond acceptors (Lipinski definition) is 7. The Labute approximate surface area is 243 Å². The van der Waals surface area contributed by atoms with Crippen LogP contribution in [0.1, 0.15) is 21.9 Å². The summed E-state index contributed by atoms with van der Waals surface area (Å²) in [6, 6.07) is 12.4. The van der Waals surface area contributed by atoms with Gasteiger partial charge in [-0.05, 0) is 54.1 Å². The molecule has 3 amide bonds. The highest BCUT2D eigenvalue weighted by Crippen LogP contribution is 2.53. The number of carbonyl (C=O) groups is 3. The summed E-state index contributed by atoms with van der Waals surface area (Å²) in [5.41, 5.74) is -0.258. The van der Waals surface area contributed by atoms with Crippen molar-refractivity contribution in [3.8, 4) is 0 Å². The Balaban J connectivity index is 1.36. The normalized spacial score (nSPS) is 19.9. The van der Waals surface area contributed by atoms with Crippen molar-refractivity contribution in [2.45, 2.75) is 28.9 Å². The molecular weight excluding hydrogens is 596 g/mol. The lowest BCUT2D eigenvalue weighted by Gasteiger charge is -2.30. The highest BCUT2D eigenvalue weighted by atomic mass is 32.2. The molecule has 1 fully saturated rings. The number of halogens is 4. The molecule has 2 aromatic heterocycles. The molecule has 2 aliphatic rings. The average Bonchev–Trinajstić information content (AvgIpc) is 3.40. The van der Waals surface area contributed by atoms with Gasteiger partial charge in [-0.2, -0.15) is 13.2 Å². The average molecular weight is 615 g/mol. The van der Waals surface area contributed by atoms with E-state index in [9.17, 15) is 36.7 Å². The van der Waals surface area contributed by atoms with Crippen LogP contribution in [0.15, 0.2) is 82.9 Å². The van der Waals surface area contributed by atoms with E-state index in [2.05, 4.69) is 10.3 Å². The van der Waals surface area contributed by atoms with Crippen LogP contribution in [-0.2, 0) is 27.1 Å². The number of thioether (sulfide) groups is 1. The lowest BCUT2D eigenvalue weighted by molar-refractivity contribution is -0.137. The Morgan fingerprint density at radius 3 is 2.45 bits per heavy atom. The van der Waals surface area contributed by atoms with E-state index in [1.54, 1.807) is 12.1 Å². The predicted molar refractivity (Wildman–Crippen MR) is 147 cm³/mol. The Morgan fingerprint density at radius 2 is 1.76 bits per heavy atom. The number of alkyl halides is 3. The molecule has 4 heterocycles. The molecule has 0 bridgehead atoms. The minimum absolute atomic E-state index is 0.0977. The van der Waals surface area contributed by atoms with Crippen molar-refractivity contribution in [3.05, 3.63) is 105 Å². The van der Waals surface area contributed by atoms with Crippen LogP contribution in [0.25, 0.3) is 0 Å². The fourth-order valence-electron chi connectivity index (χ4n) is 5.14. The zero-order valence-corrected chi connectivity index (χ0v) is 22.8. The standard InChI is InChI=1S/C28H18F4N4O4S2/c29-16-6-8-18(9-7-16)36-24(38)21-20(14-3-2-10-33-12-14)23-26(41-22(21)25(36)39)35(27(40)42-23)13-19(37)34-17-5-1-4-15(11-17)28(30,31)32/h1-12,20-22H,13H2,(H,34,37)/t20-,21?,22?/m1/s1. The van der Waals surface area contributed by atoms with E-state index < -0.39 is 63.8 Å². The van der Waals surface area contributed by atoms with Gasteiger partial charge in [0, 0.05) is 28.9 Å². The first-order valence-corrected chi connectivity index (χ1v) is 14.1. The molecule has 4 aromatic rings. The van der Waals surface area contributed by atoms with E-state index in [1.807, 2.05) is 0 Å². The summed E-state index contributed by atoms with van der Waals surface area (Å²) in [5.74, 6) is -4.01. The number of fused-ring (bicyclic) bond motifs is 2. The van der Waals surface area contributed by atoms with Gasteiger partial charge in [-0.3, -0.25) is 28.7 Å². The number of nitrogens with zero attached hydrogens (tertiary/aromatic N) is 3. The van der Waals surface area contributed by atoms with Gasteiger partial charge in [-0.15, -0.1) is 0 Å². The molecular formula is C28H18F4N4O4S2. The highest BCUT2D eigenvalue weighted by molar-refractivity contribution is 8.00. The number of hydrogen-bond donors (Lipinski definition) is 1. The van der Waals surface area contributed by atoms with Crippen molar-refractivity contribution in [2.75, 3.05) is 10.2 Å². The van der Waals surface area contributed by atoms with E-state index in [0.717, 1.165) is 62.9 Å². The fourth-order valence-corrected chi connectivity index (χ4v) is 7.91. The number of carbonyl (C=O) groups excluding carboxylic acids is 3. The monoisotopic (exact) mass is 614 g/mol. The van der Waals surface area contributed by atoms with Gasteiger partial charge in [0.2, 0.25) is 17.7 Å². The SMILES string of the molecule is O=C(Cn1c2c(sc1=O)[C@H](c1cccnc1)C1C(=O)N(c3ccc(F)cc3)C(=O)C1S2)Nc1cccc(C(F)(F)F)c1. The molecule has 6 rings (SSSR count). The largest absolute Gasteiger partial charge is 0.416 e. The number of amides is 3. The van der Waals surface area contributed by atoms with E-state index >= 15 is 0 Å². The molecule has 1 N–H and O–H groups in total. The van der Waals surface area contributed by atoms with Crippen molar-refractivity contribution < 1.29 is 31.9 Å². The van der Waals surface area contributed by atoms with Gasteiger partial charge in [-0.1, -0.05) is 35.2 Å². The molecule has 8 nitrogen and oxygen atoms in total. The van der Waals surface area contributed by atoms with Crippen molar-refractivity contribution in [2.24, 2.45) is 5.92 Å². The number of nitrogens with one attached hydrogen (secondary N) is 1. The van der Waals surface area contributed by atoms with Crippen LogP contribution in [0, 0.1) is 11.7 Å². The van der Waals surface area contributed by atoms with Crippen LogP contribution in [-0.4, -0.2) is 32.5 Å². The third-order valence-electron chi connectivity index (χ3n) is 6.95. The maximum atomic E-state index is 13.8. The van der Waals surface area contributed by atoms with Crippen molar-refractivity contribution in [3.63, 3.8) is 0 Å². The van der Waals surface area contributed by atoms with Gasteiger partial charge in [0.25, 0.3) is 0 Å². The van der Waals surface area contributed by atoms with Crippen molar-refractivity contribution in [1.29, 1.82) is 0 Å². The lowest BCUT2D eigenvalue weighted by Crippen LogP contribution is -2.33. The van der Waals surface area contributed by atoms with Gasteiger partial charge in [0.1, 0.15) is 17.6 Å². The number of benzene rings is 2. The first-order chi connectivity index (χ1) is 20.0. The summed E-state index contributed by atoms with van der Waals surface area (Å²) in [6.45, 7) is -0.533. The topological polar surface area (TPSA) is 101 Å². The Hall–Kier alpha value is -4.30. The molecule has 14 heteroatoms. The number of aromatic nitrogens is 2. The van der Waals surface area contributed by atoms with Crippen molar-refractivity contribution >= 4 is 52.2 Å². The molecule has 42 heavy (non-hydrogen) atoms. The maximum Gasteiger partial charge on any atom is 0.416 e. The van der Waals surface area contributed by atoms with Crippen LogP contribution >= 0.6 is 23.1 Å².